The first-order chi connectivity index (χ1) is 9.51. The van der Waals surface area contributed by atoms with Crippen LogP contribution in [0.4, 0.5) is 0 Å². The van der Waals surface area contributed by atoms with Crippen LogP contribution in [0.3, 0.4) is 0 Å². The average Bonchev–Trinajstić information content (AvgIpc) is 2.84. The molecule has 2 aromatic heterocycles. The molecule has 1 aliphatic heterocycles. The highest BCUT2D eigenvalue weighted by molar-refractivity contribution is 5.89. The van der Waals surface area contributed by atoms with Crippen molar-refractivity contribution in [2.24, 2.45) is 0 Å². The lowest BCUT2D eigenvalue weighted by molar-refractivity contribution is -0.135. The van der Waals surface area contributed by atoms with Crippen LogP contribution in [0.2, 0.25) is 0 Å². The van der Waals surface area contributed by atoms with Gasteiger partial charge in [-0.2, -0.15) is 0 Å². The van der Waals surface area contributed by atoms with Crippen molar-refractivity contribution in [3.05, 3.63) is 23.8 Å². The van der Waals surface area contributed by atoms with Gasteiger partial charge in [-0.1, -0.05) is 13.8 Å². The van der Waals surface area contributed by atoms with E-state index in [4.69, 9.17) is 0 Å². The van der Waals surface area contributed by atoms with Crippen LogP contribution in [0.25, 0.3) is 11.0 Å². The summed E-state index contributed by atoms with van der Waals surface area (Å²) < 4.78 is 1.85. The lowest BCUT2D eigenvalue weighted by Crippen LogP contribution is -2.53. The van der Waals surface area contributed by atoms with E-state index in [0.717, 1.165) is 17.6 Å². The molecule has 0 aliphatic carbocycles. The highest BCUT2D eigenvalue weighted by Crippen LogP contribution is 2.35. The fourth-order valence-electron chi connectivity index (χ4n) is 2.71. The molecule has 0 radical (unpaired) electrons. The molecule has 0 bridgehead atoms. The summed E-state index contributed by atoms with van der Waals surface area (Å²) in [7, 11) is 0. The van der Waals surface area contributed by atoms with Crippen molar-refractivity contribution in [1.82, 2.24) is 19.9 Å². The van der Waals surface area contributed by atoms with E-state index in [1.807, 2.05) is 31.4 Å². The maximum atomic E-state index is 12.3. The SMILES string of the molecule is CCc1ncc2cc3n(c2n1)C(C)(CC)C(=O)NC3O. The van der Waals surface area contributed by atoms with Crippen molar-refractivity contribution in [3.63, 3.8) is 0 Å². The zero-order chi connectivity index (χ0) is 14.5. The first-order valence-corrected chi connectivity index (χ1v) is 6.88. The number of hydrogen-bond acceptors (Lipinski definition) is 4. The fourth-order valence-corrected chi connectivity index (χ4v) is 2.71. The highest BCUT2D eigenvalue weighted by Gasteiger charge is 2.42. The Morgan fingerprint density at radius 1 is 1.50 bits per heavy atom. The van der Waals surface area contributed by atoms with E-state index in [-0.39, 0.29) is 5.91 Å². The number of aryl methyl sites for hydroxylation is 1. The number of fused-ring (bicyclic) bond motifs is 3. The lowest BCUT2D eigenvalue weighted by atomic mass is 9.94. The predicted octanol–water partition coefficient (Wildman–Crippen LogP) is 1.24. The molecule has 2 atom stereocenters. The number of rotatable bonds is 2. The van der Waals surface area contributed by atoms with Crippen molar-refractivity contribution >= 4 is 16.9 Å². The normalized spacial score (nSPS) is 25.6. The van der Waals surface area contributed by atoms with Crippen molar-refractivity contribution < 1.29 is 9.90 Å². The number of aliphatic hydroxyl groups is 1. The summed E-state index contributed by atoms with van der Waals surface area (Å²) in [5.74, 6) is 0.548. The smallest absolute Gasteiger partial charge is 0.248 e. The van der Waals surface area contributed by atoms with Crippen molar-refractivity contribution in [1.29, 1.82) is 0 Å². The summed E-state index contributed by atoms with van der Waals surface area (Å²) in [4.78, 5) is 21.1. The molecule has 0 aromatic carbocycles. The van der Waals surface area contributed by atoms with Crippen molar-refractivity contribution in [2.45, 2.75) is 45.4 Å². The van der Waals surface area contributed by atoms with Gasteiger partial charge in [-0.25, -0.2) is 9.97 Å². The second-order valence-corrected chi connectivity index (χ2v) is 5.33. The molecule has 0 saturated heterocycles. The van der Waals surface area contributed by atoms with E-state index in [9.17, 15) is 9.90 Å². The van der Waals surface area contributed by atoms with Gasteiger partial charge in [0.2, 0.25) is 5.91 Å². The van der Waals surface area contributed by atoms with Crippen molar-refractivity contribution in [3.8, 4) is 0 Å². The molecule has 2 aromatic rings. The number of hydrogen-bond donors (Lipinski definition) is 2. The van der Waals surface area contributed by atoms with Crippen molar-refractivity contribution in [2.75, 3.05) is 0 Å². The van der Waals surface area contributed by atoms with Crippen LogP contribution in [0.5, 0.6) is 0 Å². The number of carbonyl (C=O) groups is 1. The maximum Gasteiger partial charge on any atom is 0.248 e. The zero-order valence-corrected chi connectivity index (χ0v) is 11.8. The molecule has 2 N–H and O–H groups in total. The standard InChI is InChI=1S/C14H18N4O2/c1-4-10-15-7-8-6-9-12(19)17-13(20)14(3,5-2)18(9)11(8)16-10/h6-7,12,19H,4-5H2,1-3H3,(H,17,20). The van der Waals surface area contributed by atoms with Crippen LogP contribution in [0.15, 0.2) is 12.3 Å². The third kappa shape index (κ3) is 1.57. The second kappa shape index (κ2) is 4.28. The van der Waals surface area contributed by atoms with E-state index in [2.05, 4.69) is 15.3 Å². The molecular weight excluding hydrogens is 256 g/mol. The summed E-state index contributed by atoms with van der Waals surface area (Å²) in [6.45, 7) is 5.81. The molecule has 20 heavy (non-hydrogen) atoms. The Balaban J connectivity index is 2.36. The summed E-state index contributed by atoms with van der Waals surface area (Å²) in [5, 5.41) is 13.5. The summed E-state index contributed by atoms with van der Waals surface area (Å²) in [6.07, 6.45) is 2.10. The van der Waals surface area contributed by atoms with Gasteiger partial charge in [-0.15, -0.1) is 0 Å². The Bertz CT molecular complexity index is 694. The number of nitrogens with one attached hydrogen (secondary N) is 1. The van der Waals surface area contributed by atoms with Gasteiger partial charge in [0.05, 0.1) is 5.69 Å². The van der Waals surface area contributed by atoms with Gasteiger partial charge in [0.15, 0.2) is 6.23 Å². The van der Waals surface area contributed by atoms with E-state index in [0.29, 0.717) is 17.8 Å². The van der Waals surface area contributed by atoms with E-state index < -0.39 is 11.8 Å². The first-order valence-electron chi connectivity index (χ1n) is 6.88. The lowest BCUT2D eigenvalue weighted by Gasteiger charge is -2.37. The van der Waals surface area contributed by atoms with Crippen LogP contribution in [-0.2, 0) is 16.8 Å². The third-order valence-corrected chi connectivity index (χ3v) is 4.15. The minimum absolute atomic E-state index is 0.186. The molecule has 6 nitrogen and oxygen atoms in total. The molecule has 3 rings (SSSR count). The summed E-state index contributed by atoms with van der Waals surface area (Å²) in [5.41, 5.74) is 0.631. The molecule has 3 heterocycles. The second-order valence-electron chi connectivity index (χ2n) is 5.33. The molecular formula is C14H18N4O2. The van der Waals surface area contributed by atoms with Gasteiger partial charge in [0.25, 0.3) is 0 Å². The van der Waals surface area contributed by atoms with Gasteiger partial charge in [-0.3, -0.25) is 4.79 Å². The molecule has 106 valence electrons. The molecule has 1 amide bonds. The van der Waals surface area contributed by atoms with Gasteiger partial charge in [0, 0.05) is 18.0 Å². The van der Waals surface area contributed by atoms with Gasteiger partial charge in [0.1, 0.15) is 17.0 Å². The quantitative estimate of drug-likeness (QED) is 0.863. The Labute approximate surface area is 116 Å². The minimum atomic E-state index is -0.999. The van der Waals surface area contributed by atoms with Crippen LogP contribution < -0.4 is 5.32 Å². The minimum Gasteiger partial charge on any atom is -0.368 e. The van der Waals surface area contributed by atoms with Crippen LogP contribution in [0.1, 0.15) is 44.9 Å². The van der Waals surface area contributed by atoms with E-state index in [1.54, 1.807) is 6.20 Å². The molecule has 0 saturated carbocycles. The van der Waals surface area contributed by atoms with Gasteiger partial charge in [-0.05, 0) is 19.4 Å². The average molecular weight is 274 g/mol. The Morgan fingerprint density at radius 2 is 2.25 bits per heavy atom. The fraction of sp³-hybridized carbons (Fsp3) is 0.500. The Morgan fingerprint density at radius 3 is 2.90 bits per heavy atom. The molecule has 1 aliphatic rings. The monoisotopic (exact) mass is 274 g/mol. The van der Waals surface area contributed by atoms with Gasteiger partial charge < -0.3 is 15.0 Å². The number of aliphatic hydroxyl groups excluding tert-OH is 1. The maximum absolute atomic E-state index is 12.3. The number of carbonyl (C=O) groups excluding carboxylic acids is 1. The summed E-state index contributed by atoms with van der Waals surface area (Å²) in [6, 6.07) is 1.84. The predicted molar refractivity (Wildman–Crippen MR) is 73.9 cm³/mol. The van der Waals surface area contributed by atoms with Crippen LogP contribution in [-0.4, -0.2) is 25.5 Å². The van der Waals surface area contributed by atoms with Gasteiger partial charge >= 0.3 is 0 Å². The first kappa shape index (κ1) is 13.1. The molecule has 6 heteroatoms. The molecule has 0 fully saturated rings. The largest absolute Gasteiger partial charge is 0.368 e. The Kier molecular flexibility index (Phi) is 2.79. The van der Waals surface area contributed by atoms with Crippen LogP contribution >= 0.6 is 0 Å². The zero-order valence-electron chi connectivity index (χ0n) is 11.8. The number of nitrogens with zero attached hydrogens (tertiary/aromatic N) is 3. The van der Waals surface area contributed by atoms with E-state index in [1.165, 1.54) is 0 Å². The number of aromatic nitrogens is 3. The van der Waals surface area contributed by atoms with Crippen LogP contribution in [0, 0.1) is 0 Å². The molecule has 0 spiro atoms. The van der Waals surface area contributed by atoms with E-state index >= 15 is 0 Å². The topological polar surface area (TPSA) is 80.0 Å². The molecule has 2 unspecified atom stereocenters. The Hall–Kier alpha value is -1.95. The third-order valence-electron chi connectivity index (χ3n) is 4.15. The highest BCUT2D eigenvalue weighted by atomic mass is 16.3. The summed E-state index contributed by atoms with van der Waals surface area (Å²) >= 11 is 0. The number of amides is 1.